The molecule has 0 saturated heterocycles. The maximum atomic E-state index is 12.0. The number of aromatic nitrogens is 1. The van der Waals surface area contributed by atoms with Gasteiger partial charge < -0.3 is 9.47 Å². The average Bonchev–Trinajstić information content (AvgIpc) is 2.33. The zero-order chi connectivity index (χ0) is 13.5. The van der Waals surface area contributed by atoms with E-state index in [1.54, 1.807) is 19.4 Å². The van der Waals surface area contributed by atoms with Gasteiger partial charge in [-0.25, -0.2) is 4.79 Å². The minimum atomic E-state index is -0.319. The van der Waals surface area contributed by atoms with Crippen LogP contribution in [0.2, 0.25) is 0 Å². The van der Waals surface area contributed by atoms with E-state index >= 15 is 0 Å². The van der Waals surface area contributed by atoms with Gasteiger partial charge in [0.25, 0.3) is 0 Å². The minimum absolute atomic E-state index is 0.127. The van der Waals surface area contributed by atoms with Crippen molar-refractivity contribution < 1.29 is 14.3 Å². The van der Waals surface area contributed by atoms with Gasteiger partial charge in [-0.1, -0.05) is 13.8 Å². The lowest BCUT2D eigenvalue weighted by Crippen LogP contribution is -2.25. The van der Waals surface area contributed by atoms with Crippen molar-refractivity contribution in [3.63, 3.8) is 0 Å². The molecule has 18 heavy (non-hydrogen) atoms. The number of carbonyl (C=O) groups excluding carboxylic acids is 1. The predicted octanol–water partition coefficient (Wildman–Crippen LogP) is 2.61. The monoisotopic (exact) mass is 251 g/mol. The third kappa shape index (κ3) is 4.45. The van der Waals surface area contributed by atoms with Crippen LogP contribution in [0, 0.1) is 12.8 Å². The van der Waals surface area contributed by atoms with Gasteiger partial charge in [-0.15, -0.1) is 0 Å². The minimum Gasteiger partial charge on any atom is -0.458 e. The number of nitrogens with zero attached hydrogens (tertiary/aromatic N) is 1. The molecule has 100 valence electrons. The molecule has 0 spiro atoms. The maximum Gasteiger partial charge on any atom is 0.339 e. The third-order valence-electron chi connectivity index (χ3n) is 2.72. The molecule has 0 saturated carbocycles. The van der Waals surface area contributed by atoms with Crippen LogP contribution < -0.4 is 0 Å². The van der Waals surface area contributed by atoms with Gasteiger partial charge in [0.05, 0.1) is 5.56 Å². The molecule has 1 rings (SSSR count). The van der Waals surface area contributed by atoms with E-state index in [0.717, 1.165) is 5.56 Å². The SMILES string of the molecule is COCC[C@@H](OC(=O)c1cncc(C)c1)C(C)C. The summed E-state index contributed by atoms with van der Waals surface area (Å²) in [5, 5.41) is 0. The molecule has 0 aromatic carbocycles. The van der Waals surface area contributed by atoms with Crippen molar-refractivity contribution in [1.29, 1.82) is 0 Å². The molecule has 4 nitrogen and oxygen atoms in total. The molecule has 0 bridgehead atoms. The van der Waals surface area contributed by atoms with E-state index in [0.29, 0.717) is 18.6 Å². The number of hydrogen-bond acceptors (Lipinski definition) is 4. The van der Waals surface area contributed by atoms with E-state index in [-0.39, 0.29) is 18.0 Å². The van der Waals surface area contributed by atoms with Crippen LogP contribution in [0.3, 0.4) is 0 Å². The molecule has 0 radical (unpaired) electrons. The molecular weight excluding hydrogens is 230 g/mol. The summed E-state index contributed by atoms with van der Waals surface area (Å²) in [5.41, 5.74) is 1.44. The predicted molar refractivity (Wildman–Crippen MR) is 69.5 cm³/mol. The number of carbonyl (C=O) groups is 1. The summed E-state index contributed by atoms with van der Waals surface area (Å²) < 4.78 is 10.5. The lowest BCUT2D eigenvalue weighted by Gasteiger charge is -2.21. The topological polar surface area (TPSA) is 48.4 Å². The molecule has 0 aliphatic carbocycles. The van der Waals surface area contributed by atoms with Crippen molar-refractivity contribution in [2.24, 2.45) is 5.92 Å². The summed E-state index contributed by atoms with van der Waals surface area (Å²) in [5.74, 6) is -0.0529. The molecule has 0 fully saturated rings. The highest BCUT2D eigenvalue weighted by molar-refractivity contribution is 5.89. The Morgan fingerprint density at radius 3 is 2.67 bits per heavy atom. The zero-order valence-electron chi connectivity index (χ0n) is 11.5. The Kier molecular flexibility index (Phi) is 5.78. The van der Waals surface area contributed by atoms with Crippen LogP contribution in [0.25, 0.3) is 0 Å². The van der Waals surface area contributed by atoms with Crippen molar-refractivity contribution in [2.75, 3.05) is 13.7 Å². The molecule has 1 heterocycles. The fourth-order valence-electron chi connectivity index (χ4n) is 1.63. The Hall–Kier alpha value is -1.42. The van der Waals surface area contributed by atoms with E-state index in [9.17, 15) is 4.79 Å². The Balaban J connectivity index is 2.66. The fraction of sp³-hybridized carbons (Fsp3) is 0.571. The standard InChI is InChI=1S/C14H21NO3/c1-10(2)13(5-6-17-4)18-14(16)12-7-11(3)8-15-9-12/h7-10,13H,5-6H2,1-4H3/t13-/m1/s1. The van der Waals surface area contributed by atoms with Gasteiger partial charge in [0.2, 0.25) is 0 Å². The summed E-state index contributed by atoms with van der Waals surface area (Å²) in [6.07, 6.45) is 3.82. The van der Waals surface area contributed by atoms with Crippen molar-refractivity contribution in [3.05, 3.63) is 29.6 Å². The highest BCUT2D eigenvalue weighted by atomic mass is 16.5. The number of pyridine rings is 1. The molecule has 0 unspecified atom stereocenters. The first-order valence-corrected chi connectivity index (χ1v) is 6.16. The first-order valence-electron chi connectivity index (χ1n) is 6.16. The van der Waals surface area contributed by atoms with E-state index in [1.807, 2.05) is 20.8 Å². The van der Waals surface area contributed by atoms with Crippen molar-refractivity contribution in [2.45, 2.75) is 33.3 Å². The van der Waals surface area contributed by atoms with Gasteiger partial charge in [0.15, 0.2) is 0 Å². The Morgan fingerprint density at radius 1 is 1.39 bits per heavy atom. The second kappa shape index (κ2) is 7.11. The first kappa shape index (κ1) is 14.6. The van der Waals surface area contributed by atoms with E-state index in [4.69, 9.17) is 9.47 Å². The van der Waals surface area contributed by atoms with Gasteiger partial charge in [-0.05, 0) is 24.5 Å². The van der Waals surface area contributed by atoms with Crippen LogP contribution in [0.1, 0.15) is 36.2 Å². The fourth-order valence-corrected chi connectivity index (χ4v) is 1.63. The second-order valence-electron chi connectivity index (χ2n) is 4.72. The quantitative estimate of drug-likeness (QED) is 0.729. The van der Waals surface area contributed by atoms with Crippen LogP contribution in [0.4, 0.5) is 0 Å². The van der Waals surface area contributed by atoms with Gasteiger partial charge in [0.1, 0.15) is 6.10 Å². The molecule has 1 aromatic rings. The largest absolute Gasteiger partial charge is 0.458 e. The Morgan fingerprint density at radius 2 is 2.11 bits per heavy atom. The van der Waals surface area contributed by atoms with Gasteiger partial charge in [0, 0.05) is 32.5 Å². The number of methoxy groups -OCH3 is 1. The summed E-state index contributed by atoms with van der Waals surface area (Å²) in [6.45, 7) is 6.54. The highest BCUT2D eigenvalue weighted by Gasteiger charge is 2.19. The number of ether oxygens (including phenoxy) is 2. The molecule has 4 heteroatoms. The number of hydrogen-bond donors (Lipinski definition) is 0. The highest BCUT2D eigenvalue weighted by Crippen LogP contribution is 2.14. The van der Waals surface area contributed by atoms with Gasteiger partial charge in [-0.2, -0.15) is 0 Å². The lowest BCUT2D eigenvalue weighted by molar-refractivity contribution is 0.00826. The van der Waals surface area contributed by atoms with Gasteiger partial charge >= 0.3 is 5.97 Å². The molecule has 1 atom stereocenters. The lowest BCUT2D eigenvalue weighted by atomic mass is 10.0. The van der Waals surface area contributed by atoms with Crippen LogP contribution >= 0.6 is 0 Å². The smallest absolute Gasteiger partial charge is 0.339 e. The Labute approximate surface area is 108 Å². The number of aryl methyl sites for hydroxylation is 1. The molecular formula is C14H21NO3. The molecule has 0 aliphatic heterocycles. The molecule has 0 amide bonds. The number of esters is 1. The van der Waals surface area contributed by atoms with Gasteiger partial charge in [-0.3, -0.25) is 4.98 Å². The van der Waals surface area contributed by atoms with Crippen LogP contribution in [0.15, 0.2) is 18.5 Å². The van der Waals surface area contributed by atoms with Crippen LogP contribution in [-0.4, -0.2) is 30.8 Å². The third-order valence-corrected chi connectivity index (χ3v) is 2.72. The van der Waals surface area contributed by atoms with Crippen LogP contribution in [0.5, 0.6) is 0 Å². The normalized spacial score (nSPS) is 12.5. The molecule has 0 N–H and O–H groups in total. The van der Waals surface area contributed by atoms with Crippen molar-refractivity contribution in [3.8, 4) is 0 Å². The average molecular weight is 251 g/mol. The second-order valence-corrected chi connectivity index (χ2v) is 4.72. The maximum absolute atomic E-state index is 12.0. The molecule has 1 aromatic heterocycles. The first-order chi connectivity index (χ1) is 8.54. The summed E-state index contributed by atoms with van der Waals surface area (Å²) in [7, 11) is 1.64. The Bertz CT molecular complexity index is 390. The summed E-state index contributed by atoms with van der Waals surface area (Å²) in [6, 6.07) is 1.78. The van der Waals surface area contributed by atoms with Crippen LogP contribution in [-0.2, 0) is 9.47 Å². The van der Waals surface area contributed by atoms with E-state index in [1.165, 1.54) is 6.20 Å². The number of rotatable bonds is 6. The van der Waals surface area contributed by atoms with Crippen molar-refractivity contribution in [1.82, 2.24) is 4.98 Å². The van der Waals surface area contributed by atoms with E-state index < -0.39 is 0 Å². The van der Waals surface area contributed by atoms with E-state index in [2.05, 4.69) is 4.98 Å². The summed E-state index contributed by atoms with van der Waals surface area (Å²) in [4.78, 5) is 16.0. The van der Waals surface area contributed by atoms with Crippen molar-refractivity contribution >= 4 is 5.97 Å². The zero-order valence-corrected chi connectivity index (χ0v) is 11.5. The molecule has 0 aliphatic rings. The summed E-state index contributed by atoms with van der Waals surface area (Å²) >= 11 is 0.